The molecule has 3 N–H and O–H groups in total. The number of hydrogen-bond donors (Lipinski definition) is 3. The first kappa shape index (κ1) is 11.8. The number of rotatable bonds is 4. The number of amides is 1. The van der Waals surface area contributed by atoms with Crippen molar-refractivity contribution < 1.29 is 9.90 Å². The lowest BCUT2D eigenvalue weighted by Crippen LogP contribution is -2.51. The summed E-state index contributed by atoms with van der Waals surface area (Å²) in [5.41, 5.74) is 0. The van der Waals surface area contributed by atoms with Crippen LogP contribution < -0.4 is 10.6 Å². The van der Waals surface area contributed by atoms with Crippen molar-refractivity contribution in [2.45, 2.75) is 25.4 Å². The lowest BCUT2D eigenvalue weighted by molar-refractivity contribution is -0.123. The average molecular weight is 218 g/mol. The molecule has 2 atom stereocenters. The molecule has 1 aliphatic rings. The van der Waals surface area contributed by atoms with E-state index in [9.17, 15) is 4.79 Å². The topological polar surface area (TPSA) is 61.4 Å². The van der Waals surface area contributed by atoms with Crippen molar-refractivity contribution in [3.05, 3.63) is 0 Å². The fraction of sp³-hybridized carbons (Fsp3) is 0.889. The molecule has 1 heterocycles. The SMILES string of the molecule is CC(CCO)NC(=O)C1CSCCN1. The van der Waals surface area contributed by atoms with Crippen LogP contribution in [0.1, 0.15) is 13.3 Å². The van der Waals surface area contributed by atoms with Gasteiger partial charge in [-0.1, -0.05) is 0 Å². The summed E-state index contributed by atoms with van der Waals surface area (Å²) < 4.78 is 0. The van der Waals surface area contributed by atoms with Crippen LogP contribution in [0.15, 0.2) is 0 Å². The van der Waals surface area contributed by atoms with Crippen LogP contribution >= 0.6 is 11.8 Å². The van der Waals surface area contributed by atoms with Crippen molar-refractivity contribution in [3.63, 3.8) is 0 Å². The number of aliphatic hydroxyl groups is 1. The van der Waals surface area contributed by atoms with Gasteiger partial charge in [-0.15, -0.1) is 0 Å². The van der Waals surface area contributed by atoms with E-state index in [1.54, 1.807) is 11.8 Å². The number of nitrogens with one attached hydrogen (secondary N) is 2. The van der Waals surface area contributed by atoms with Crippen LogP contribution in [0.25, 0.3) is 0 Å². The predicted molar refractivity (Wildman–Crippen MR) is 58.4 cm³/mol. The van der Waals surface area contributed by atoms with Gasteiger partial charge in [0, 0.05) is 30.7 Å². The summed E-state index contributed by atoms with van der Waals surface area (Å²) in [7, 11) is 0. The van der Waals surface area contributed by atoms with Crippen molar-refractivity contribution in [1.82, 2.24) is 10.6 Å². The van der Waals surface area contributed by atoms with Crippen molar-refractivity contribution in [2.24, 2.45) is 0 Å². The second-order valence-corrected chi connectivity index (χ2v) is 4.65. The quantitative estimate of drug-likeness (QED) is 0.600. The summed E-state index contributed by atoms with van der Waals surface area (Å²) >= 11 is 1.80. The molecule has 0 aliphatic carbocycles. The summed E-state index contributed by atoms with van der Waals surface area (Å²) in [6.45, 7) is 2.93. The van der Waals surface area contributed by atoms with Gasteiger partial charge >= 0.3 is 0 Å². The molecule has 0 spiro atoms. The molecular formula is C9H18N2O2S. The van der Waals surface area contributed by atoms with Gasteiger partial charge in [-0.25, -0.2) is 0 Å². The minimum atomic E-state index is -0.0603. The Kier molecular flexibility index (Phi) is 5.29. The Morgan fingerprint density at radius 2 is 2.57 bits per heavy atom. The maximum absolute atomic E-state index is 11.6. The van der Waals surface area contributed by atoms with Gasteiger partial charge in [0.1, 0.15) is 0 Å². The van der Waals surface area contributed by atoms with Crippen molar-refractivity contribution >= 4 is 17.7 Å². The second kappa shape index (κ2) is 6.27. The fourth-order valence-electron chi connectivity index (χ4n) is 1.34. The van der Waals surface area contributed by atoms with E-state index >= 15 is 0 Å². The molecule has 0 aromatic heterocycles. The zero-order valence-corrected chi connectivity index (χ0v) is 9.27. The molecule has 0 aromatic carbocycles. The Balaban J connectivity index is 2.25. The molecule has 0 bridgehead atoms. The van der Waals surface area contributed by atoms with Gasteiger partial charge in [-0.05, 0) is 13.3 Å². The Bertz CT molecular complexity index is 184. The third kappa shape index (κ3) is 3.86. The van der Waals surface area contributed by atoms with E-state index in [-0.39, 0.29) is 24.6 Å². The van der Waals surface area contributed by atoms with Gasteiger partial charge in [-0.2, -0.15) is 11.8 Å². The summed E-state index contributed by atoms with van der Waals surface area (Å²) in [6.07, 6.45) is 0.617. The Labute approximate surface area is 88.8 Å². The summed E-state index contributed by atoms with van der Waals surface area (Å²) in [6, 6.07) is -0.00359. The van der Waals surface area contributed by atoms with Crippen molar-refractivity contribution in [3.8, 4) is 0 Å². The first-order valence-electron chi connectivity index (χ1n) is 4.96. The van der Waals surface area contributed by atoms with Gasteiger partial charge in [0.05, 0.1) is 6.04 Å². The van der Waals surface area contributed by atoms with Gasteiger partial charge in [0.2, 0.25) is 5.91 Å². The van der Waals surface area contributed by atoms with E-state index in [0.717, 1.165) is 18.1 Å². The molecule has 1 saturated heterocycles. The molecule has 2 unspecified atom stereocenters. The molecule has 1 aliphatic heterocycles. The Morgan fingerprint density at radius 3 is 3.14 bits per heavy atom. The molecular weight excluding hydrogens is 200 g/mol. The number of carbonyl (C=O) groups is 1. The van der Waals surface area contributed by atoms with Crippen LogP contribution in [0.3, 0.4) is 0 Å². The van der Waals surface area contributed by atoms with Crippen LogP contribution in [0.5, 0.6) is 0 Å². The van der Waals surface area contributed by atoms with Crippen LogP contribution in [0.2, 0.25) is 0 Å². The molecule has 1 fully saturated rings. The largest absolute Gasteiger partial charge is 0.396 e. The summed E-state index contributed by atoms with van der Waals surface area (Å²) in [5.74, 6) is 1.98. The van der Waals surface area contributed by atoms with Crippen LogP contribution in [0, 0.1) is 0 Å². The highest BCUT2D eigenvalue weighted by molar-refractivity contribution is 7.99. The molecule has 0 saturated carbocycles. The number of aliphatic hydroxyl groups excluding tert-OH is 1. The predicted octanol–water partition coefficient (Wildman–Crippen LogP) is -0.421. The highest BCUT2D eigenvalue weighted by Gasteiger charge is 2.21. The molecule has 1 rings (SSSR count). The molecule has 4 nitrogen and oxygen atoms in total. The van der Waals surface area contributed by atoms with Crippen LogP contribution in [-0.2, 0) is 4.79 Å². The highest BCUT2D eigenvalue weighted by atomic mass is 32.2. The minimum absolute atomic E-state index is 0.0538. The first-order valence-corrected chi connectivity index (χ1v) is 6.12. The zero-order valence-electron chi connectivity index (χ0n) is 8.45. The highest BCUT2D eigenvalue weighted by Crippen LogP contribution is 2.07. The molecule has 1 amide bonds. The Hall–Kier alpha value is -0.260. The van der Waals surface area contributed by atoms with E-state index in [4.69, 9.17) is 5.11 Å². The standard InChI is InChI=1S/C9H18N2O2S/c1-7(2-4-12)11-9(13)8-6-14-5-3-10-8/h7-8,10,12H,2-6H2,1H3,(H,11,13). The Morgan fingerprint density at radius 1 is 1.79 bits per heavy atom. The zero-order chi connectivity index (χ0) is 10.4. The normalized spacial score (nSPS) is 24.3. The minimum Gasteiger partial charge on any atom is -0.396 e. The molecule has 0 aromatic rings. The van der Waals surface area contributed by atoms with E-state index in [0.29, 0.717) is 6.42 Å². The smallest absolute Gasteiger partial charge is 0.238 e. The third-order valence-electron chi connectivity index (χ3n) is 2.19. The average Bonchev–Trinajstić information content (AvgIpc) is 2.19. The van der Waals surface area contributed by atoms with E-state index in [2.05, 4.69) is 10.6 Å². The summed E-state index contributed by atoms with van der Waals surface area (Å²) in [4.78, 5) is 11.6. The van der Waals surface area contributed by atoms with E-state index < -0.39 is 0 Å². The molecule has 5 heteroatoms. The molecule has 0 radical (unpaired) electrons. The van der Waals surface area contributed by atoms with Crippen molar-refractivity contribution in [1.29, 1.82) is 0 Å². The maximum Gasteiger partial charge on any atom is 0.238 e. The van der Waals surface area contributed by atoms with Gasteiger partial charge in [0.15, 0.2) is 0 Å². The maximum atomic E-state index is 11.6. The van der Waals surface area contributed by atoms with Crippen LogP contribution in [-0.4, -0.2) is 47.8 Å². The lowest BCUT2D eigenvalue weighted by Gasteiger charge is -2.24. The third-order valence-corrected chi connectivity index (χ3v) is 3.25. The van der Waals surface area contributed by atoms with E-state index in [1.165, 1.54) is 0 Å². The van der Waals surface area contributed by atoms with Crippen LogP contribution in [0.4, 0.5) is 0 Å². The number of hydrogen-bond acceptors (Lipinski definition) is 4. The van der Waals surface area contributed by atoms with Gasteiger partial charge in [-0.3, -0.25) is 4.79 Å². The number of carbonyl (C=O) groups excluding carboxylic acids is 1. The molecule has 82 valence electrons. The second-order valence-electron chi connectivity index (χ2n) is 3.50. The fourth-order valence-corrected chi connectivity index (χ4v) is 2.28. The van der Waals surface area contributed by atoms with Crippen molar-refractivity contribution in [2.75, 3.05) is 24.7 Å². The van der Waals surface area contributed by atoms with Gasteiger partial charge in [0.25, 0.3) is 0 Å². The molecule has 14 heavy (non-hydrogen) atoms. The van der Waals surface area contributed by atoms with Gasteiger partial charge < -0.3 is 15.7 Å². The first-order chi connectivity index (χ1) is 6.74. The van der Waals surface area contributed by atoms with E-state index in [1.807, 2.05) is 6.92 Å². The monoisotopic (exact) mass is 218 g/mol. The lowest BCUT2D eigenvalue weighted by atomic mass is 10.2. The number of thioether (sulfide) groups is 1. The summed E-state index contributed by atoms with van der Waals surface area (Å²) in [5, 5.41) is 14.7.